The fourth-order valence-electron chi connectivity index (χ4n) is 3.72. The van der Waals surface area contributed by atoms with E-state index >= 15 is 0 Å². The number of carbonyl (C=O) groups is 1. The van der Waals surface area contributed by atoms with Crippen LogP contribution in [0.3, 0.4) is 0 Å². The van der Waals surface area contributed by atoms with Crippen LogP contribution in [0.1, 0.15) is 11.5 Å². The zero-order valence-electron chi connectivity index (χ0n) is 15.3. The summed E-state index contributed by atoms with van der Waals surface area (Å²) in [6, 6.07) is 16.6. The Morgan fingerprint density at radius 3 is 2.52 bits per heavy atom. The number of hydrogen-bond donors (Lipinski definition) is 1. The van der Waals surface area contributed by atoms with Crippen molar-refractivity contribution < 1.29 is 9.72 Å². The monoisotopic (exact) mass is 368 g/mol. The Bertz CT molecular complexity index is 812. The lowest BCUT2D eigenvalue weighted by Crippen LogP contribution is -2.38. The number of para-hydroxylation sites is 2. The largest absolute Gasteiger partial charge is 0.360 e. The molecule has 2 aromatic carbocycles. The lowest BCUT2D eigenvalue weighted by atomic mass is 9.89. The second-order valence-corrected chi connectivity index (χ2v) is 6.91. The number of nitrogens with two attached hydrogens (primary N) is 1. The van der Waals surface area contributed by atoms with E-state index < -0.39 is 4.92 Å². The molecule has 1 aliphatic heterocycles. The van der Waals surface area contributed by atoms with Crippen LogP contribution in [-0.2, 0) is 4.79 Å². The number of nitrogens with zero attached hydrogens (tertiary/aromatic N) is 3. The van der Waals surface area contributed by atoms with Gasteiger partial charge in [-0.25, -0.2) is 0 Å². The molecule has 142 valence electrons. The van der Waals surface area contributed by atoms with Crippen LogP contribution in [0.5, 0.6) is 0 Å². The molecule has 7 nitrogen and oxygen atoms in total. The standard InChI is InChI=1S/C20H24N4O3/c1-22(18-9-5-6-10-19(18)24(26)27)14-20(25)23-12-16(11-21)17(13-23)15-7-3-2-4-8-15/h2-10,16-17H,11-14,21H2,1H3/t16-,17+/m1/s1. The number of likely N-dealkylation sites (N-methyl/N-ethyl adjacent to an activating group) is 1. The molecule has 1 heterocycles. The Labute approximate surface area is 158 Å². The van der Waals surface area contributed by atoms with Gasteiger partial charge in [-0.05, 0) is 24.1 Å². The Morgan fingerprint density at radius 1 is 1.19 bits per heavy atom. The highest BCUT2D eigenvalue weighted by Gasteiger charge is 2.35. The fourth-order valence-corrected chi connectivity index (χ4v) is 3.72. The van der Waals surface area contributed by atoms with E-state index in [1.165, 1.54) is 11.6 Å². The van der Waals surface area contributed by atoms with E-state index in [-0.39, 0.29) is 30.0 Å². The first-order valence-electron chi connectivity index (χ1n) is 8.98. The van der Waals surface area contributed by atoms with E-state index in [2.05, 4.69) is 12.1 Å². The van der Waals surface area contributed by atoms with Gasteiger partial charge >= 0.3 is 0 Å². The van der Waals surface area contributed by atoms with E-state index in [0.717, 1.165) is 0 Å². The van der Waals surface area contributed by atoms with Gasteiger partial charge in [-0.1, -0.05) is 42.5 Å². The average molecular weight is 368 g/mol. The van der Waals surface area contributed by atoms with Gasteiger partial charge in [-0.3, -0.25) is 14.9 Å². The van der Waals surface area contributed by atoms with E-state index in [4.69, 9.17) is 5.73 Å². The van der Waals surface area contributed by atoms with Crippen LogP contribution >= 0.6 is 0 Å². The summed E-state index contributed by atoms with van der Waals surface area (Å²) in [6.45, 7) is 1.84. The average Bonchev–Trinajstić information content (AvgIpc) is 3.13. The Morgan fingerprint density at radius 2 is 1.85 bits per heavy atom. The predicted molar refractivity (Wildman–Crippen MR) is 105 cm³/mol. The summed E-state index contributed by atoms with van der Waals surface area (Å²) in [4.78, 5) is 27.1. The maximum Gasteiger partial charge on any atom is 0.292 e. The zero-order chi connectivity index (χ0) is 19.4. The van der Waals surface area contributed by atoms with Gasteiger partial charge in [-0.2, -0.15) is 0 Å². The molecule has 1 saturated heterocycles. The summed E-state index contributed by atoms with van der Waals surface area (Å²) in [5.74, 6) is 0.386. The maximum absolute atomic E-state index is 12.8. The quantitative estimate of drug-likeness (QED) is 0.623. The molecule has 0 bridgehead atoms. The molecule has 0 radical (unpaired) electrons. The molecule has 1 aliphatic rings. The van der Waals surface area contributed by atoms with Gasteiger partial charge in [0.15, 0.2) is 0 Å². The van der Waals surface area contributed by atoms with Gasteiger partial charge in [-0.15, -0.1) is 0 Å². The van der Waals surface area contributed by atoms with Gasteiger partial charge in [0.25, 0.3) is 5.69 Å². The first-order valence-corrected chi connectivity index (χ1v) is 8.98. The molecular weight excluding hydrogens is 344 g/mol. The van der Waals surface area contributed by atoms with Crippen LogP contribution < -0.4 is 10.6 Å². The highest BCUT2D eigenvalue weighted by Crippen LogP contribution is 2.32. The lowest BCUT2D eigenvalue weighted by Gasteiger charge is -2.23. The molecule has 3 rings (SSSR count). The van der Waals surface area contributed by atoms with Crippen molar-refractivity contribution in [3.63, 3.8) is 0 Å². The summed E-state index contributed by atoms with van der Waals surface area (Å²) < 4.78 is 0. The molecule has 0 saturated carbocycles. The summed E-state index contributed by atoms with van der Waals surface area (Å²) in [6.07, 6.45) is 0. The van der Waals surface area contributed by atoms with Crippen LogP contribution in [0.4, 0.5) is 11.4 Å². The number of likely N-dealkylation sites (tertiary alicyclic amines) is 1. The molecule has 1 amide bonds. The van der Waals surface area contributed by atoms with E-state index in [1.807, 2.05) is 23.1 Å². The van der Waals surface area contributed by atoms with Gasteiger partial charge in [0.05, 0.1) is 11.5 Å². The van der Waals surface area contributed by atoms with Gasteiger partial charge in [0.2, 0.25) is 5.91 Å². The second kappa shape index (κ2) is 8.18. The van der Waals surface area contributed by atoms with Crippen molar-refractivity contribution in [1.82, 2.24) is 4.90 Å². The molecule has 2 aromatic rings. The molecule has 0 spiro atoms. The number of nitro groups is 1. The van der Waals surface area contributed by atoms with Crippen molar-refractivity contribution in [1.29, 1.82) is 0 Å². The van der Waals surface area contributed by atoms with Crippen molar-refractivity contribution in [2.24, 2.45) is 11.7 Å². The molecule has 1 fully saturated rings. The van der Waals surface area contributed by atoms with Crippen molar-refractivity contribution in [2.45, 2.75) is 5.92 Å². The summed E-state index contributed by atoms with van der Waals surface area (Å²) in [5, 5.41) is 11.2. The lowest BCUT2D eigenvalue weighted by molar-refractivity contribution is -0.384. The molecule has 7 heteroatoms. The van der Waals surface area contributed by atoms with Gasteiger partial charge in [0, 0.05) is 32.1 Å². The number of anilines is 1. The van der Waals surface area contributed by atoms with Crippen LogP contribution in [-0.4, -0.2) is 49.0 Å². The third-order valence-electron chi connectivity index (χ3n) is 5.19. The van der Waals surface area contributed by atoms with Crippen LogP contribution in [0.2, 0.25) is 0 Å². The minimum Gasteiger partial charge on any atom is -0.360 e. The van der Waals surface area contributed by atoms with Crippen molar-refractivity contribution >= 4 is 17.3 Å². The topological polar surface area (TPSA) is 92.7 Å². The smallest absolute Gasteiger partial charge is 0.292 e. The Hall–Kier alpha value is -2.93. The van der Waals surface area contributed by atoms with Crippen LogP contribution in [0, 0.1) is 16.0 Å². The molecule has 2 atom stereocenters. The van der Waals surface area contributed by atoms with E-state index in [9.17, 15) is 14.9 Å². The Balaban J connectivity index is 1.71. The maximum atomic E-state index is 12.8. The first-order chi connectivity index (χ1) is 13.0. The molecule has 0 aliphatic carbocycles. The van der Waals surface area contributed by atoms with Gasteiger partial charge < -0.3 is 15.5 Å². The molecule has 27 heavy (non-hydrogen) atoms. The summed E-state index contributed by atoms with van der Waals surface area (Å²) >= 11 is 0. The normalized spacial score (nSPS) is 19.1. The van der Waals surface area contributed by atoms with Crippen molar-refractivity contribution in [3.05, 3.63) is 70.3 Å². The van der Waals surface area contributed by atoms with E-state index in [1.54, 1.807) is 30.1 Å². The fraction of sp³-hybridized carbons (Fsp3) is 0.350. The SMILES string of the molecule is CN(CC(=O)N1C[C@@H](CN)[C@H](c2ccccc2)C1)c1ccccc1[N+](=O)[O-]. The highest BCUT2D eigenvalue weighted by molar-refractivity contribution is 5.83. The number of nitro benzene ring substituents is 1. The van der Waals surface area contributed by atoms with Crippen molar-refractivity contribution in [2.75, 3.05) is 38.1 Å². The third-order valence-corrected chi connectivity index (χ3v) is 5.19. The zero-order valence-corrected chi connectivity index (χ0v) is 15.3. The summed E-state index contributed by atoms with van der Waals surface area (Å²) in [7, 11) is 1.70. The Kier molecular flexibility index (Phi) is 5.71. The minimum absolute atomic E-state index is 0.00350. The highest BCUT2D eigenvalue weighted by atomic mass is 16.6. The van der Waals surface area contributed by atoms with E-state index in [0.29, 0.717) is 25.3 Å². The number of carbonyl (C=O) groups excluding carboxylic acids is 1. The number of benzene rings is 2. The van der Waals surface area contributed by atoms with Crippen molar-refractivity contribution in [3.8, 4) is 0 Å². The molecule has 2 N–H and O–H groups in total. The molecule has 0 aromatic heterocycles. The molecular formula is C20H24N4O3. The first kappa shape index (κ1) is 18.8. The number of hydrogen-bond acceptors (Lipinski definition) is 5. The minimum atomic E-state index is -0.429. The number of rotatable bonds is 6. The van der Waals surface area contributed by atoms with Crippen LogP contribution in [0.25, 0.3) is 0 Å². The second-order valence-electron chi connectivity index (χ2n) is 6.91. The van der Waals surface area contributed by atoms with Crippen LogP contribution in [0.15, 0.2) is 54.6 Å². The predicted octanol–water partition coefficient (Wildman–Crippen LogP) is 2.23. The number of amides is 1. The molecule has 0 unspecified atom stereocenters. The van der Waals surface area contributed by atoms with Gasteiger partial charge in [0.1, 0.15) is 5.69 Å². The summed E-state index contributed by atoms with van der Waals surface area (Å²) in [5.41, 5.74) is 7.57. The third kappa shape index (κ3) is 4.09.